The second-order valence-corrected chi connectivity index (χ2v) is 11.3. The molecule has 9 heteroatoms. The van der Waals surface area contributed by atoms with E-state index in [2.05, 4.69) is 15.6 Å². The molecule has 0 radical (unpaired) electrons. The number of nitrogens with one attached hydrogen (secondary N) is 2. The summed E-state index contributed by atoms with van der Waals surface area (Å²) in [4.78, 5) is 41.4. The van der Waals surface area contributed by atoms with Gasteiger partial charge in [0, 0.05) is 29.0 Å². The lowest BCUT2D eigenvalue weighted by atomic mass is 9.80. The van der Waals surface area contributed by atoms with Crippen molar-refractivity contribution in [2.75, 3.05) is 33.0 Å². The van der Waals surface area contributed by atoms with E-state index in [0.717, 1.165) is 33.1 Å². The standard InChI is InChI=1S/C27H30N4O4S/c1-31(2,3)16-23(32)29-21-10-8-18(9-11-21)22-17-36-24(30-22)15-28-26(35)27(14-25(33)34)12-19-6-4-5-7-20(19)13-27/h4-11,17H,12-16H2,1-3H3,(H2-,28,29,32,33,34,35). The molecule has 1 aliphatic rings. The lowest BCUT2D eigenvalue weighted by molar-refractivity contribution is -0.861. The molecule has 0 bridgehead atoms. The topological polar surface area (TPSA) is 111 Å². The van der Waals surface area contributed by atoms with E-state index < -0.39 is 11.4 Å². The number of fused-ring (bicyclic) bond motifs is 1. The summed E-state index contributed by atoms with van der Waals surface area (Å²) in [5.41, 5.74) is 3.34. The van der Waals surface area contributed by atoms with Crippen LogP contribution in [0.5, 0.6) is 0 Å². The molecule has 36 heavy (non-hydrogen) atoms. The number of thiazole rings is 1. The average molecular weight is 507 g/mol. The lowest BCUT2D eigenvalue weighted by Crippen LogP contribution is -2.45. The number of likely N-dealkylation sites (N-methyl/N-ethyl adjacent to an activating group) is 1. The normalized spacial score (nSPS) is 14.2. The minimum Gasteiger partial charge on any atom is -0.550 e. The minimum atomic E-state index is -1.23. The minimum absolute atomic E-state index is 0.0521. The molecule has 2 amide bonds. The maximum Gasteiger partial charge on any atom is 0.279 e. The van der Waals surface area contributed by atoms with Crippen molar-refractivity contribution in [3.63, 3.8) is 0 Å². The highest BCUT2D eigenvalue weighted by molar-refractivity contribution is 7.09. The fraction of sp³-hybridized carbons (Fsp3) is 0.333. The average Bonchev–Trinajstić information content (AvgIpc) is 3.41. The number of nitrogens with zero attached hydrogens (tertiary/aromatic N) is 2. The van der Waals surface area contributed by atoms with E-state index in [1.165, 1.54) is 11.3 Å². The van der Waals surface area contributed by atoms with Crippen LogP contribution >= 0.6 is 11.3 Å². The maximum absolute atomic E-state index is 13.2. The molecule has 0 saturated heterocycles. The first-order valence-corrected chi connectivity index (χ1v) is 12.6. The molecule has 0 saturated carbocycles. The second kappa shape index (κ2) is 10.2. The van der Waals surface area contributed by atoms with Crippen molar-refractivity contribution in [2.45, 2.75) is 25.8 Å². The quantitative estimate of drug-likeness (QED) is 0.431. The Morgan fingerprint density at radius 1 is 1.03 bits per heavy atom. The van der Waals surface area contributed by atoms with Gasteiger partial charge in [0.25, 0.3) is 5.91 Å². The van der Waals surface area contributed by atoms with Crippen molar-refractivity contribution in [1.82, 2.24) is 10.3 Å². The fourth-order valence-electron chi connectivity index (χ4n) is 4.56. The molecule has 2 aromatic carbocycles. The number of carbonyl (C=O) groups excluding carboxylic acids is 3. The van der Waals surface area contributed by atoms with Crippen molar-refractivity contribution in [1.29, 1.82) is 0 Å². The molecular formula is C27H30N4O4S. The number of quaternary nitrogens is 1. The Morgan fingerprint density at radius 2 is 1.67 bits per heavy atom. The zero-order valence-corrected chi connectivity index (χ0v) is 21.5. The number of rotatable bonds is 9. The van der Waals surface area contributed by atoms with Gasteiger partial charge in [-0.3, -0.25) is 9.59 Å². The summed E-state index contributed by atoms with van der Waals surface area (Å²) in [7, 11) is 5.88. The summed E-state index contributed by atoms with van der Waals surface area (Å²) >= 11 is 1.42. The summed E-state index contributed by atoms with van der Waals surface area (Å²) in [6.07, 6.45) is 0.432. The summed E-state index contributed by atoms with van der Waals surface area (Å²) < 4.78 is 0.545. The van der Waals surface area contributed by atoms with Crippen LogP contribution < -0.4 is 15.7 Å². The van der Waals surface area contributed by atoms with E-state index in [0.29, 0.717) is 23.9 Å². The Morgan fingerprint density at radius 3 is 2.25 bits per heavy atom. The Kier molecular flexibility index (Phi) is 7.23. The molecule has 4 rings (SSSR count). The Labute approximate surface area is 214 Å². The molecule has 3 aromatic rings. The molecule has 0 atom stereocenters. The number of aromatic nitrogens is 1. The van der Waals surface area contributed by atoms with E-state index in [-0.39, 0.29) is 24.8 Å². The summed E-state index contributed by atoms with van der Waals surface area (Å²) in [6.45, 7) is 0.590. The third-order valence-corrected chi connectivity index (χ3v) is 7.02. The molecule has 8 nitrogen and oxygen atoms in total. The van der Waals surface area contributed by atoms with Gasteiger partial charge in [0.1, 0.15) is 5.01 Å². The highest BCUT2D eigenvalue weighted by atomic mass is 32.1. The number of anilines is 1. The van der Waals surface area contributed by atoms with Crippen LogP contribution in [-0.4, -0.2) is 54.9 Å². The van der Waals surface area contributed by atoms with Crippen molar-refractivity contribution >= 4 is 34.8 Å². The van der Waals surface area contributed by atoms with Crippen LogP contribution in [0.25, 0.3) is 11.3 Å². The summed E-state index contributed by atoms with van der Waals surface area (Å²) in [5, 5.41) is 19.9. The first kappa shape index (κ1) is 25.5. The van der Waals surface area contributed by atoms with Gasteiger partial charge in [-0.2, -0.15) is 0 Å². The van der Waals surface area contributed by atoms with Crippen LogP contribution in [0.4, 0.5) is 5.69 Å². The predicted octanol–water partition coefficient (Wildman–Crippen LogP) is 2.00. The van der Waals surface area contributed by atoms with Gasteiger partial charge >= 0.3 is 0 Å². The van der Waals surface area contributed by atoms with Gasteiger partial charge in [-0.25, -0.2) is 4.98 Å². The van der Waals surface area contributed by atoms with Gasteiger partial charge in [-0.15, -0.1) is 11.3 Å². The van der Waals surface area contributed by atoms with Gasteiger partial charge in [0.2, 0.25) is 5.91 Å². The molecule has 0 spiro atoms. The number of hydrogen-bond donors (Lipinski definition) is 2. The first-order valence-electron chi connectivity index (χ1n) is 11.7. The molecule has 0 unspecified atom stereocenters. The van der Waals surface area contributed by atoms with Gasteiger partial charge in [-0.05, 0) is 36.1 Å². The van der Waals surface area contributed by atoms with Crippen molar-refractivity contribution in [3.05, 3.63) is 70.0 Å². The van der Waals surface area contributed by atoms with E-state index in [1.807, 2.05) is 75.1 Å². The fourth-order valence-corrected chi connectivity index (χ4v) is 5.30. The van der Waals surface area contributed by atoms with Gasteiger partial charge < -0.3 is 25.0 Å². The molecule has 2 N–H and O–H groups in total. The highest BCUT2D eigenvalue weighted by Gasteiger charge is 2.43. The van der Waals surface area contributed by atoms with Gasteiger partial charge in [-0.1, -0.05) is 36.4 Å². The van der Waals surface area contributed by atoms with Crippen LogP contribution in [0.3, 0.4) is 0 Å². The zero-order valence-electron chi connectivity index (χ0n) is 20.7. The molecule has 188 valence electrons. The number of aliphatic carboxylic acids is 1. The molecule has 1 aromatic heterocycles. The Bertz CT molecular complexity index is 1250. The number of benzene rings is 2. The summed E-state index contributed by atoms with van der Waals surface area (Å²) in [6, 6.07) is 15.1. The Balaban J connectivity index is 1.38. The number of carboxylic acid groups (broad SMARTS) is 1. The smallest absolute Gasteiger partial charge is 0.279 e. The predicted molar refractivity (Wildman–Crippen MR) is 137 cm³/mol. The second-order valence-electron chi connectivity index (χ2n) is 10.3. The molecule has 0 aliphatic heterocycles. The van der Waals surface area contributed by atoms with E-state index in [1.54, 1.807) is 0 Å². The molecular weight excluding hydrogens is 476 g/mol. The van der Waals surface area contributed by atoms with Crippen molar-refractivity contribution in [2.24, 2.45) is 5.41 Å². The highest BCUT2D eigenvalue weighted by Crippen LogP contribution is 2.40. The van der Waals surface area contributed by atoms with E-state index in [4.69, 9.17) is 0 Å². The lowest BCUT2D eigenvalue weighted by Gasteiger charge is -2.28. The third-order valence-electron chi connectivity index (χ3n) is 6.17. The van der Waals surface area contributed by atoms with Crippen LogP contribution in [0.15, 0.2) is 53.9 Å². The van der Waals surface area contributed by atoms with Crippen LogP contribution in [-0.2, 0) is 33.8 Å². The maximum atomic E-state index is 13.2. The number of carbonyl (C=O) groups is 3. The van der Waals surface area contributed by atoms with Gasteiger partial charge in [0.05, 0.1) is 38.8 Å². The van der Waals surface area contributed by atoms with Crippen molar-refractivity contribution < 1.29 is 24.0 Å². The van der Waals surface area contributed by atoms with Crippen LogP contribution in [0.1, 0.15) is 22.6 Å². The number of hydrogen-bond acceptors (Lipinski definition) is 6. The SMILES string of the molecule is C[N+](C)(C)CC(=O)Nc1ccc(-c2csc(CNC(=O)C3(CC(=O)[O-])Cc4ccccc4C3)n2)cc1. The van der Waals surface area contributed by atoms with Crippen molar-refractivity contribution in [3.8, 4) is 11.3 Å². The first-order chi connectivity index (χ1) is 17.0. The summed E-state index contributed by atoms with van der Waals surface area (Å²) in [5.74, 6) is -1.58. The molecule has 1 heterocycles. The Hall–Kier alpha value is -3.56. The monoisotopic (exact) mass is 506 g/mol. The van der Waals surface area contributed by atoms with Crippen LogP contribution in [0.2, 0.25) is 0 Å². The molecule has 0 fully saturated rings. The van der Waals surface area contributed by atoms with Gasteiger partial charge in [0.15, 0.2) is 6.54 Å². The van der Waals surface area contributed by atoms with E-state index in [9.17, 15) is 19.5 Å². The molecule has 1 aliphatic carbocycles. The largest absolute Gasteiger partial charge is 0.550 e. The van der Waals surface area contributed by atoms with Crippen LogP contribution in [0, 0.1) is 5.41 Å². The number of carboxylic acids is 1. The number of amides is 2. The van der Waals surface area contributed by atoms with E-state index >= 15 is 0 Å². The zero-order chi connectivity index (χ0) is 25.9. The third kappa shape index (κ3) is 6.16.